The lowest BCUT2D eigenvalue weighted by Crippen LogP contribution is -2.55. The molecule has 2 amide bonds. The number of nitrogens with one attached hydrogen (secondary N) is 1. The predicted octanol–water partition coefficient (Wildman–Crippen LogP) is 5.52. The van der Waals surface area contributed by atoms with Crippen molar-refractivity contribution in [3.05, 3.63) is 34.0 Å². The quantitative estimate of drug-likeness (QED) is 0.504. The molecule has 1 aromatic rings. The zero-order valence-corrected chi connectivity index (χ0v) is 24.9. The minimum Gasteiger partial charge on any atom is -0.344 e. The second-order valence-electron chi connectivity index (χ2n) is 13.8. The molecule has 9 unspecified atom stereocenters. The van der Waals surface area contributed by atoms with Gasteiger partial charge in [0.05, 0.1) is 0 Å². The molecule has 1 N–H and O–H groups in total. The number of likely N-dealkylation sites (N-methyl/N-ethyl adjacent to an activating group) is 1. The van der Waals surface area contributed by atoms with Gasteiger partial charge in [-0.2, -0.15) is 0 Å². The fraction of sp³-hybridized carbons (Fsp3) is 0.750. The Morgan fingerprint density at radius 2 is 1.97 bits per heavy atom. The maximum Gasteiger partial charge on any atom is 0.245 e. The minimum atomic E-state index is -0.494. The van der Waals surface area contributed by atoms with Crippen molar-refractivity contribution >= 4 is 23.2 Å². The van der Waals surface area contributed by atoms with Crippen LogP contribution in [0.15, 0.2) is 29.2 Å². The van der Waals surface area contributed by atoms with E-state index in [1.54, 1.807) is 16.9 Å². The van der Waals surface area contributed by atoms with Crippen LogP contribution in [0.25, 0.3) is 0 Å². The number of thiophene rings is 1. The van der Waals surface area contributed by atoms with E-state index >= 15 is 0 Å². The molecule has 0 aromatic carbocycles. The highest BCUT2D eigenvalue weighted by molar-refractivity contribution is 7.09. The molecule has 5 aliphatic rings. The lowest BCUT2D eigenvalue weighted by Gasteiger charge is -2.58. The van der Waals surface area contributed by atoms with Crippen molar-refractivity contribution < 1.29 is 9.59 Å². The fourth-order valence-electron chi connectivity index (χ4n) is 10.3. The smallest absolute Gasteiger partial charge is 0.245 e. The van der Waals surface area contributed by atoms with Gasteiger partial charge >= 0.3 is 0 Å². The van der Waals surface area contributed by atoms with E-state index in [2.05, 4.69) is 37.2 Å². The Bertz CT molecular complexity index is 1100. The fourth-order valence-corrected chi connectivity index (χ4v) is 11.0. The molecular formula is C32H47N3O2S. The molecule has 208 valence electrons. The molecule has 1 spiro atoms. The molecule has 3 saturated carbocycles. The molecule has 1 saturated heterocycles. The summed E-state index contributed by atoms with van der Waals surface area (Å²) in [4.78, 5) is 31.4. The van der Waals surface area contributed by atoms with Gasteiger partial charge in [-0.1, -0.05) is 24.6 Å². The van der Waals surface area contributed by atoms with Gasteiger partial charge in [-0.05, 0) is 111 Å². The highest BCUT2D eigenvalue weighted by Gasteiger charge is 2.64. The largest absolute Gasteiger partial charge is 0.344 e. The van der Waals surface area contributed by atoms with E-state index in [1.165, 1.54) is 52.0 Å². The Labute approximate surface area is 233 Å². The topological polar surface area (TPSA) is 52.7 Å². The van der Waals surface area contributed by atoms with Crippen LogP contribution in [-0.2, 0) is 16.0 Å². The molecule has 38 heavy (non-hydrogen) atoms. The summed E-state index contributed by atoms with van der Waals surface area (Å²) in [5, 5.41) is 4.97. The molecular weight excluding hydrogens is 490 g/mol. The highest BCUT2D eigenvalue weighted by Crippen LogP contribution is 2.68. The number of allylic oxidation sites excluding steroid dienone is 1. The molecule has 0 radical (unpaired) electrons. The van der Waals surface area contributed by atoms with Gasteiger partial charge in [0.2, 0.25) is 11.8 Å². The van der Waals surface area contributed by atoms with Crippen molar-refractivity contribution in [2.24, 2.45) is 34.5 Å². The lowest BCUT2D eigenvalue weighted by atomic mass is 9.47. The number of carbonyl (C=O) groups excluding carboxylic acids is 2. The first-order valence-corrected chi connectivity index (χ1v) is 16.0. The Kier molecular flexibility index (Phi) is 6.82. The summed E-state index contributed by atoms with van der Waals surface area (Å²) in [6, 6.07) is 4.52. The molecule has 2 heterocycles. The summed E-state index contributed by atoms with van der Waals surface area (Å²) in [5.74, 6) is 3.34. The van der Waals surface area contributed by atoms with Gasteiger partial charge in [0.25, 0.3) is 0 Å². The van der Waals surface area contributed by atoms with Crippen molar-refractivity contribution in [1.29, 1.82) is 0 Å². The molecule has 1 aromatic heterocycles. The van der Waals surface area contributed by atoms with Crippen molar-refractivity contribution in [2.45, 2.75) is 96.7 Å². The lowest BCUT2D eigenvalue weighted by molar-refractivity contribution is -0.137. The summed E-state index contributed by atoms with van der Waals surface area (Å²) in [7, 11) is 4.32. The van der Waals surface area contributed by atoms with Gasteiger partial charge in [0.15, 0.2) is 0 Å². The highest BCUT2D eigenvalue weighted by atomic mass is 32.1. The molecule has 6 rings (SSSR count). The van der Waals surface area contributed by atoms with E-state index < -0.39 is 6.04 Å². The van der Waals surface area contributed by atoms with E-state index in [-0.39, 0.29) is 23.3 Å². The van der Waals surface area contributed by atoms with E-state index in [1.807, 2.05) is 29.5 Å². The van der Waals surface area contributed by atoms with Gasteiger partial charge in [0.1, 0.15) is 6.04 Å². The molecule has 1 aliphatic heterocycles. The van der Waals surface area contributed by atoms with Crippen molar-refractivity contribution in [3.63, 3.8) is 0 Å². The summed E-state index contributed by atoms with van der Waals surface area (Å²) in [6.07, 6.45) is 13.3. The summed E-state index contributed by atoms with van der Waals surface area (Å²) in [6.45, 7) is 7.87. The van der Waals surface area contributed by atoms with Crippen LogP contribution in [0.3, 0.4) is 0 Å². The number of hydrogen-bond donors (Lipinski definition) is 1. The van der Waals surface area contributed by atoms with Crippen LogP contribution < -0.4 is 5.32 Å². The minimum absolute atomic E-state index is 0.0487. The first-order chi connectivity index (χ1) is 18.1. The Morgan fingerprint density at radius 1 is 1.18 bits per heavy atom. The third-order valence-electron chi connectivity index (χ3n) is 12.2. The molecule has 5 nitrogen and oxygen atoms in total. The van der Waals surface area contributed by atoms with E-state index in [4.69, 9.17) is 0 Å². The van der Waals surface area contributed by atoms with Gasteiger partial charge in [-0.25, -0.2) is 0 Å². The third-order valence-corrected chi connectivity index (χ3v) is 13.1. The van der Waals surface area contributed by atoms with Gasteiger partial charge < -0.3 is 15.1 Å². The van der Waals surface area contributed by atoms with Crippen LogP contribution in [-0.4, -0.2) is 60.4 Å². The zero-order chi connectivity index (χ0) is 26.8. The maximum atomic E-state index is 13.6. The van der Waals surface area contributed by atoms with Crippen LogP contribution >= 0.6 is 11.3 Å². The Balaban J connectivity index is 1.18. The number of fused-ring (bicyclic) bond motifs is 4. The van der Waals surface area contributed by atoms with Gasteiger partial charge in [-0.3, -0.25) is 9.59 Å². The molecule has 4 fully saturated rings. The number of rotatable bonds is 5. The van der Waals surface area contributed by atoms with E-state index in [0.29, 0.717) is 11.8 Å². The van der Waals surface area contributed by atoms with Gasteiger partial charge in [0, 0.05) is 43.9 Å². The first-order valence-electron chi connectivity index (χ1n) is 15.1. The molecule has 6 heteroatoms. The van der Waals surface area contributed by atoms with Crippen LogP contribution in [0.5, 0.6) is 0 Å². The molecule has 0 bridgehead atoms. The van der Waals surface area contributed by atoms with Crippen LogP contribution in [0.1, 0.15) is 77.0 Å². The summed E-state index contributed by atoms with van der Waals surface area (Å²) >= 11 is 1.65. The second kappa shape index (κ2) is 9.76. The normalized spacial score (nSPS) is 40.8. The van der Waals surface area contributed by atoms with Crippen molar-refractivity contribution in [1.82, 2.24) is 15.1 Å². The number of amides is 2. The van der Waals surface area contributed by atoms with Crippen molar-refractivity contribution in [2.75, 3.05) is 20.6 Å². The predicted molar refractivity (Wildman–Crippen MR) is 154 cm³/mol. The average Bonchev–Trinajstić information content (AvgIpc) is 3.58. The van der Waals surface area contributed by atoms with E-state index in [0.717, 1.165) is 47.4 Å². The summed E-state index contributed by atoms with van der Waals surface area (Å²) < 4.78 is 0. The standard InChI is InChI=1S/C32H47N3O2S/c1-20-26-10-11-28-25-9-8-22-17-23(12-14-31(22,3)27(25)13-15-32(26,28)19-34(20)4)35(5)30(37)29(33-21(2)36)18-24-7-6-16-38-24/h6-8,16,20,23,25-29H,9-15,17-19H2,1-5H3,(H,33,36). The number of likely N-dealkylation sites (tertiary alicyclic amines) is 1. The Morgan fingerprint density at radius 3 is 2.71 bits per heavy atom. The number of nitrogens with zero attached hydrogens (tertiary/aromatic N) is 2. The van der Waals surface area contributed by atoms with Crippen LogP contribution in [0, 0.1) is 34.5 Å². The monoisotopic (exact) mass is 537 g/mol. The van der Waals surface area contributed by atoms with E-state index in [9.17, 15) is 9.59 Å². The average molecular weight is 538 g/mol. The Hall–Kier alpha value is -1.66. The molecule has 4 aliphatic carbocycles. The summed E-state index contributed by atoms with van der Waals surface area (Å²) in [5.41, 5.74) is 2.47. The zero-order valence-electron chi connectivity index (χ0n) is 24.0. The number of hydrogen-bond acceptors (Lipinski definition) is 4. The first kappa shape index (κ1) is 26.6. The second-order valence-corrected chi connectivity index (χ2v) is 14.8. The van der Waals surface area contributed by atoms with Crippen LogP contribution in [0.2, 0.25) is 0 Å². The van der Waals surface area contributed by atoms with Crippen LogP contribution in [0.4, 0.5) is 0 Å². The number of carbonyl (C=O) groups is 2. The van der Waals surface area contributed by atoms with Crippen molar-refractivity contribution in [3.8, 4) is 0 Å². The maximum absolute atomic E-state index is 13.6. The van der Waals surface area contributed by atoms with Gasteiger partial charge in [-0.15, -0.1) is 11.3 Å². The SMILES string of the molecule is CC(=O)NC(Cc1cccs1)C(=O)N(C)C1CCC2(C)C(=CCC3C2CCC24CN(C)C(C)C2CCC34)C1. The molecule has 9 atom stereocenters. The third kappa shape index (κ3) is 4.11.